The molecule has 0 radical (unpaired) electrons. The smallest absolute Gasteiger partial charge is 0.416 e. The Hall–Kier alpha value is -3.56. The van der Waals surface area contributed by atoms with Crippen LogP contribution in [0.15, 0.2) is 46.0 Å². The summed E-state index contributed by atoms with van der Waals surface area (Å²) >= 11 is 0. The molecule has 1 aromatic heterocycles. The molecule has 0 saturated carbocycles. The Balaban J connectivity index is 1.97. The van der Waals surface area contributed by atoms with E-state index in [-0.39, 0.29) is 29.1 Å². The van der Waals surface area contributed by atoms with Crippen molar-refractivity contribution < 1.29 is 22.7 Å². The van der Waals surface area contributed by atoms with E-state index in [1.54, 1.807) is 6.92 Å². The van der Waals surface area contributed by atoms with Gasteiger partial charge < -0.3 is 20.0 Å². The molecular weight excluding hydrogens is 379 g/mol. The van der Waals surface area contributed by atoms with Gasteiger partial charge in [0, 0.05) is 5.56 Å². The third kappa shape index (κ3) is 3.90. The maximum absolute atomic E-state index is 13.0. The number of hydrogen-bond donors (Lipinski definition) is 3. The summed E-state index contributed by atoms with van der Waals surface area (Å²) in [4.78, 5) is 39.9. The third-order valence-corrected chi connectivity index (χ3v) is 3.84. The van der Waals surface area contributed by atoms with E-state index in [1.165, 1.54) is 18.2 Å². The van der Waals surface area contributed by atoms with Crippen molar-refractivity contribution >= 4 is 22.6 Å². The van der Waals surface area contributed by atoms with Gasteiger partial charge in [0.2, 0.25) is 0 Å². The van der Waals surface area contributed by atoms with Gasteiger partial charge >= 0.3 is 17.3 Å². The van der Waals surface area contributed by atoms with Gasteiger partial charge in [-0.1, -0.05) is 0 Å². The van der Waals surface area contributed by atoms with Crippen LogP contribution in [0.25, 0.3) is 11.0 Å². The SMILES string of the molecule is CCOc1ccc(C(F)(F)F)cc1NC(=O)c1ccc2[nH]c(=O)c(=O)[nH]c2c1. The highest BCUT2D eigenvalue weighted by Crippen LogP contribution is 2.35. The Morgan fingerprint density at radius 2 is 1.71 bits per heavy atom. The molecule has 0 aliphatic rings. The lowest BCUT2D eigenvalue weighted by Crippen LogP contribution is -2.29. The van der Waals surface area contributed by atoms with Crippen molar-refractivity contribution in [2.45, 2.75) is 13.1 Å². The predicted octanol–water partition coefficient (Wildman–Crippen LogP) is 2.89. The van der Waals surface area contributed by atoms with Crippen molar-refractivity contribution in [3.05, 3.63) is 68.2 Å². The fraction of sp³-hybridized carbons (Fsp3) is 0.167. The Labute approximate surface area is 155 Å². The standard InChI is InChI=1S/C18H14F3N3O4/c1-2-28-14-6-4-10(18(19,20)21)8-13(14)24-15(25)9-3-5-11-12(7-9)23-17(27)16(26)22-11/h3-8H,2H2,1H3,(H,22,26)(H,23,27)(H,24,25). The van der Waals surface area contributed by atoms with Crippen molar-refractivity contribution in [2.75, 3.05) is 11.9 Å². The number of anilines is 1. The summed E-state index contributed by atoms with van der Waals surface area (Å²) in [7, 11) is 0. The number of alkyl halides is 3. The molecule has 0 spiro atoms. The zero-order valence-corrected chi connectivity index (χ0v) is 14.4. The number of carbonyl (C=O) groups excluding carboxylic acids is 1. The number of halogens is 3. The van der Waals surface area contributed by atoms with Crippen molar-refractivity contribution in [3.8, 4) is 5.75 Å². The molecule has 1 heterocycles. The lowest BCUT2D eigenvalue weighted by molar-refractivity contribution is -0.137. The van der Waals surface area contributed by atoms with E-state index in [0.717, 1.165) is 18.2 Å². The Morgan fingerprint density at radius 1 is 1.04 bits per heavy atom. The van der Waals surface area contributed by atoms with E-state index in [9.17, 15) is 27.6 Å². The fourth-order valence-corrected chi connectivity index (χ4v) is 2.54. The number of rotatable bonds is 4. The second kappa shape index (κ2) is 7.22. The van der Waals surface area contributed by atoms with Gasteiger partial charge in [-0.25, -0.2) is 0 Å². The number of carbonyl (C=O) groups is 1. The third-order valence-electron chi connectivity index (χ3n) is 3.84. The monoisotopic (exact) mass is 393 g/mol. The number of hydrogen-bond acceptors (Lipinski definition) is 4. The van der Waals surface area contributed by atoms with Gasteiger partial charge in [0.25, 0.3) is 5.91 Å². The lowest BCUT2D eigenvalue weighted by Gasteiger charge is -2.15. The minimum absolute atomic E-state index is 0.0649. The molecule has 3 aromatic rings. The molecule has 3 N–H and O–H groups in total. The van der Waals surface area contributed by atoms with Gasteiger partial charge in [0.05, 0.1) is 28.9 Å². The van der Waals surface area contributed by atoms with Crippen molar-refractivity contribution in [2.24, 2.45) is 0 Å². The van der Waals surface area contributed by atoms with Gasteiger partial charge in [-0.15, -0.1) is 0 Å². The van der Waals surface area contributed by atoms with Gasteiger partial charge in [0.15, 0.2) is 0 Å². The molecule has 0 aliphatic carbocycles. The van der Waals surface area contributed by atoms with Crippen molar-refractivity contribution in [1.82, 2.24) is 9.97 Å². The number of ether oxygens (including phenoxy) is 1. The van der Waals surface area contributed by atoms with E-state index in [1.807, 2.05) is 0 Å². The molecule has 2 aromatic carbocycles. The average Bonchev–Trinajstić information content (AvgIpc) is 2.63. The number of nitrogens with one attached hydrogen (secondary N) is 3. The number of fused-ring (bicyclic) bond motifs is 1. The first-order valence-electron chi connectivity index (χ1n) is 8.11. The molecule has 3 rings (SSSR count). The number of aromatic amines is 2. The first kappa shape index (κ1) is 19.2. The molecule has 10 heteroatoms. The van der Waals surface area contributed by atoms with Gasteiger partial charge in [-0.2, -0.15) is 13.2 Å². The second-order valence-corrected chi connectivity index (χ2v) is 5.76. The van der Waals surface area contributed by atoms with Gasteiger partial charge in [0.1, 0.15) is 5.75 Å². The van der Waals surface area contributed by atoms with Crippen LogP contribution in [0.3, 0.4) is 0 Å². The number of aromatic nitrogens is 2. The van der Waals surface area contributed by atoms with Crippen LogP contribution >= 0.6 is 0 Å². The maximum atomic E-state index is 13.0. The average molecular weight is 393 g/mol. The first-order valence-corrected chi connectivity index (χ1v) is 8.11. The molecule has 0 aliphatic heterocycles. The van der Waals surface area contributed by atoms with Crippen LogP contribution in [-0.2, 0) is 6.18 Å². The van der Waals surface area contributed by atoms with Crippen LogP contribution in [-0.4, -0.2) is 22.5 Å². The quantitative estimate of drug-likeness (QED) is 0.593. The minimum atomic E-state index is -4.58. The zero-order valence-electron chi connectivity index (χ0n) is 14.4. The highest BCUT2D eigenvalue weighted by atomic mass is 19.4. The van der Waals surface area contributed by atoms with E-state index >= 15 is 0 Å². The molecule has 146 valence electrons. The molecule has 0 bridgehead atoms. The number of amides is 1. The zero-order chi connectivity index (χ0) is 20.5. The lowest BCUT2D eigenvalue weighted by atomic mass is 10.1. The van der Waals surface area contributed by atoms with Crippen LogP contribution in [0.5, 0.6) is 5.75 Å². The molecule has 28 heavy (non-hydrogen) atoms. The van der Waals surface area contributed by atoms with E-state index in [4.69, 9.17) is 4.74 Å². The molecule has 1 amide bonds. The summed E-state index contributed by atoms with van der Waals surface area (Å²) in [6, 6.07) is 6.83. The molecule has 7 nitrogen and oxygen atoms in total. The topological polar surface area (TPSA) is 104 Å². The van der Waals surface area contributed by atoms with Crippen molar-refractivity contribution in [3.63, 3.8) is 0 Å². The van der Waals surface area contributed by atoms with Crippen molar-refractivity contribution in [1.29, 1.82) is 0 Å². The maximum Gasteiger partial charge on any atom is 0.416 e. The Bertz CT molecular complexity index is 1170. The Morgan fingerprint density at radius 3 is 2.36 bits per heavy atom. The molecule has 0 fully saturated rings. The molecule has 0 unspecified atom stereocenters. The number of H-pyrrole nitrogens is 2. The Kier molecular flexibility index (Phi) is 4.95. The van der Waals surface area contributed by atoms with Crippen LogP contribution in [0.2, 0.25) is 0 Å². The predicted molar refractivity (Wildman–Crippen MR) is 95.8 cm³/mol. The van der Waals surface area contributed by atoms with Crippen LogP contribution < -0.4 is 21.2 Å². The molecule has 0 saturated heterocycles. The highest BCUT2D eigenvalue weighted by Gasteiger charge is 2.31. The minimum Gasteiger partial charge on any atom is -0.492 e. The highest BCUT2D eigenvalue weighted by molar-refractivity contribution is 6.06. The first-order chi connectivity index (χ1) is 13.2. The van der Waals surface area contributed by atoms with Gasteiger partial charge in [-0.05, 0) is 43.3 Å². The van der Waals surface area contributed by atoms with Crippen LogP contribution in [0.1, 0.15) is 22.8 Å². The largest absolute Gasteiger partial charge is 0.492 e. The summed E-state index contributed by atoms with van der Waals surface area (Å²) in [5, 5.41) is 2.39. The van der Waals surface area contributed by atoms with Crippen LogP contribution in [0, 0.1) is 0 Å². The summed E-state index contributed by atoms with van der Waals surface area (Å²) in [6.07, 6.45) is -4.58. The fourth-order valence-electron chi connectivity index (χ4n) is 2.54. The van der Waals surface area contributed by atoms with E-state index in [0.29, 0.717) is 5.52 Å². The summed E-state index contributed by atoms with van der Waals surface area (Å²) < 4.78 is 44.2. The van der Waals surface area contributed by atoms with E-state index in [2.05, 4.69) is 15.3 Å². The molecule has 0 atom stereocenters. The summed E-state index contributed by atoms with van der Waals surface area (Å²) in [5.41, 5.74) is -2.24. The van der Waals surface area contributed by atoms with E-state index < -0.39 is 28.8 Å². The normalized spacial score (nSPS) is 11.4. The second-order valence-electron chi connectivity index (χ2n) is 5.76. The van der Waals surface area contributed by atoms with Gasteiger partial charge in [-0.3, -0.25) is 14.4 Å². The summed E-state index contributed by atoms with van der Waals surface area (Å²) in [5.74, 6) is -0.628. The summed E-state index contributed by atoms with van der Waals surface area (Å²) in [6.45, 7) is 1.85. The van der Waals surface area contributed by atoms with Crippen LogP contribution in [0.4, 0.5) is 18.9 Å². The number of benzene rings is 2. The molecular formula is C18H14F3N3O4.